The minimum absolute atomic E-state index is 0.0753. The minimum Gasteiger partial charge on any atom is -0.494 e. The smallest absolute Gasteiger partial charge is 0.282 e. The molecule has 28 heavy (non-hydrogen) atoms. The van der Waals surface area contributed by atoms with Gasteiger partial charge in [-0.25, -0.2) is 8.42 Å². The highest BCUT2D eigenvalue weighted by atomic mass is 32.2. The van der Waals surface area contributed by atoms with Gasteiger partial charge < -0.3 is 15.0 Å². The minimum atomic E-state index is -3.42. The van der Waals surface area contributed by atoms with Crippen LogP contribution in [0.15, 0.2) is 46.0 Å². The Morgan fingerprint density at radius 2 is 1.93 bits per heavy atom. The molecule has 1 aliphatic heterocycles. The molecule has 0 unspecified atom stereocenters. The summed E-state index contributed by atoms with van der Waals surface area (Å²) in [5.74, 6) is 0.691. The number of carbonyl (C=O) groups is 1. The fourth-order valence-electron chi connectivity index (χ4n) is 3.22. The maximum absolute atomic E-state index is 12.6. The SMILES string of the molecule is CCOc1ccc(NC(=O)[C@H](C)[NH+]2CCN(S(=O)(=O)c3cccs3)CC2)cc1. The predicted molar refractivity (Wildman–Crippen MR) is 109 cm³/mol. The van der Waals surface area contributed by atoms with E-state index in [4.69, 9.17) is 4.74 Å². The molecule has 1 amide bonds. The summed E-state index contributed by atoms with van der Waals surface area (Å²) in [6, 6.07) is 10.4. The van der Waals surface area contributed by atoms with Crippen molar-refractivity contribution in [1.82, 2.24) is 4.31 Å². The first kappa shape index (κ1) is 20.8. The maximum atomic E-state index is 12.6. The van der Waals surface area contributed by atoms with Crippen LogP contribution < -0.4 is 15.0 Å². The number of sulfonamides is 1. The Hall–Kier alpha value is -1.94. The summed E-state index contributed by atoms with van der Waals surface area (Å²) in [4.78, 5) is 13.7. The summed E-state index contributed by atoms with van der Waals surface area (Å²) in [5.41, 5.74) is 0.721. The molecule has 2 N–H and O–H groups in total. The van der Waals surface area contributed by atoms with Gasteiger partial charge in [-0.1, -0.05) is 6.07 Å². The van der Waals surface area contributed by atoms with Crippen LogP contribution in [0.1, 0.15) is 13.8 Å². The van der Waals surface area contributed by atoms with Crippen LogP contribution in [0.3, 0.4) is 0 Å². The molecule has 0 spiro atoms. The van der Waals surface area contributed by atoms with Gasteiger partial charge in [-0.15, -0.1) is 11.3 Å². The van der Waals surface area contributed by atoms with Gasteiger partial charge in [-0.05, 0) is 49.6 Å². The van der Waals surface area contributed by atoms with E-state index in [2.05, 4.69) is 5.32 Å². The zero-order valence-corrected chi connectivity index (χ0v) is 17.7. The highest BCUT2D eigenvalue weighted by Crippen LogP contribution is 2.20. The van der Waals surface area contributed by atoms with Crippen molar-refractivity contribution in [2.45, 2.75) is 24.1 Å². The van der Waals surface area contributed by atoms with Gasteiger partial charge in [0.05, 0.1) is 32.8 Å². The number of thiophene rings is 1. The van der Waals surface area contributed by atoms with Crippen molar-refractivity contribution in [3.8, 4) is 5.75 Å². The van der Waals surface area contributed by atoms with Gasteiger partial charge in [0.1, 0.15) is 9.96 Å². The van der Waals surface area contributed by atoms with E-state index >= 15 is 0 Å². The van der Waals surface area contributed by atoms with Crippen LogP contribution in [0.25, 0.3) is 0 Å². The van der Waals surface area contributed by atoms with Crippen LogP contribution >= 0.6 is 11.3 Å². The lowest BCUT2D eigenvalue weighted by atomic mass is 10.2. The Morgan fingerprint density at radius 1 is 1.25 bits per heavy atom. The van der Waals surface area contributed by atoms with E-state index in [0.717, 1.165) is 16.3 Å². The van der Waals surface area contributed by atoms with Crippen molar-refractivity contribution in [2.75, 3.05) is 38.1 Å². The van der Waals surface area contributed by atoms with Crippen molar-refractivity contribution in [2.24, 2.45) is 0 Å². The largest absolute Gasteiger partial charge is 0.494 e. The number of anilines is 1. The lowest BCUT2D eigenvalue weighted by Crippen LogP contribution is -3.19. The average Bonchev–Trinajstić information content (AvgIpc) is 3.25. The molecule has 1 fully saturated rings. The molecule has 1 atom stereocenters. The summed E-state index contributed by atoms with van der Waals surface area (Å²) < 4.78 is 32.5. The molecule has 0 radical (unpaired) electrons. The highest BCUT2D eigenvalue weighted by molar-refractivity contribution is 7.91. The summed E-state index contributed by atoms with van der Waals surface area (Å²) >= 11 is 1.23. The van der Waals surface area contributed by atoms with E-state index in [1.807, 2.05) is 38.1 Å². The Kier molecular flexibility index (Phi) is 6.71. The number of amides is 1. The zero-order valence-electron chi connectivity index (χ0n) is 16.1. The summed E-state index contributed by atoms with van der Waals surface area (Å²) in [6.07, 6.45) is 0. The van der Waals surface area contributed by atoms with Crippen LogP contribution in [0, 0.1) is 0 Å². The second-order valence-corrected chi connectivity index (χ2v) is 9.78. The number of quaternary nitrogens is 1. The van der Waals surface area contributed by atoms with E-state index in [1.165, 1.54) is 15.6 Å². The molecule has 3 rings (SSSR count). The molecule has 0 saturated carbocycles. The van der Waals surface area contributed by atoms with Crippen molar-refractivity contribution in [1.29, 1.82) is 0 Å². The first-order chi connectivity index (χ1) is 13.4. The Bertz CT molecular complexity index is 874. The second kappa shape index (κ2) is 9.04. The topological polar surface area (TPSA) is 80.2 Å². The van der Waals surface area contributed by atoms with Gasteiger partial charge in [0.2, 0.25) is 0 Å². The summed E-state index contributed by atoms with van der Waals surface area (Å²) in [6.45, 7) is 6.42. The number of ether oxygens (including phenoxy) is 1. The lowest BCUT2D eigenvalue weighted by molar-refractivity contribution is -0.917. The fourth-order valence-corrected chi connectivity index (χ4v) is 5.81. The molecule has 7 nitrogen and oxygen atoms in total. The molecular weight excluding hydrogens is 398 g/mol. The molecule has 9 heteroatoms. The molecule has 2 aromatic rings. The molecule has 0 aliphatic carbocycles. The lowest BCUT2D eigenvalue weighted by Gasteiger charge is -2.33. The van der Waals surface area contributed by atoms with Crippen molar-refractivity contribution in [3.05, 3.63) is 41.8 Å². The van der Waals surface area contributed by atoms with E-state index in [0.29, 0.717) is 37.0 Å². The quantitative estimate of drug-likeness (QED) is 0.697. The van der Waals surface area contributed by atoms with E-state index in [9.17, 15) is 13.2 Å². The number of rotatable bonds is 7. The number of carbonyl (C=O) groups excluding carboxylic acids is 1. The molecule has 1 aromatic heterocycles. The van der Waals surface area contributed by atoms with Gasteiger partial charge in [-0.3, -0.25) is 4.79 Å². The molecule has 1 aromatic carbocycles. The first-order valence-electron chi connectivity index (χ1n) is 9.33. The number of nitrogens with one attached hydrogen (secondary N) is 2. The number of nitrogens with zero attached hydrogens (tertiary/aromatic N) is 1. The second-order valence-electron chi connectivity index (χ2n) is 6.66. The van der Waals surface area contributed by atoms with E-state index in [-0.39, 0.29) is 11.9 Å². The van der Waals surface area contributed by atoms with Crippen LogP contribution in [-0.4, -0.2) is 57.5 Å². The normalized spacial score (nSPS) is 17.2. The predicted octanol–water partition coefficient (Wildman–Crippen LogP) is 1.06. The average molecular weight is 425 g/mol. The Morgan fingerprint density at radius 3 is 2.50 bits per heavy atom. The first-order valence-corrected chi connectivity index (χ1v) is 11.7. The fraction of sp³-hybridized carbons (Fsp3) is 0.421. The molecule has 1 saturated heterocycles. The van der Waals surface area contributed by atoms with Crippen molar-refractivity contribution in [3.63, 3.8) is 0 Å². The number of hydrogen-bond acceptors (Lipinski definition) is 5. The molecule has 2 heterocycles. The van der Waals surface area contributed by atoms with E-state index < -0.39 is 10.0 Å². The third-order valence-corrected chi connectivity index (χ3v) is 8.16. The van der Waals surface area contributed by atoms with Crippen molar-refractivity contribution >= 4 is 33.0 Å². The van der Waals surface area contributed by atoms with Crippen LogP contribution in [0.4, 0.5) is 5.69 Å². The highest BCUT2D eigenvalue weighted by Gasteiger charge is 2.34. The van der Waals surface area contributed by atoms with Crippen LogP contribution in [-0.2, 0) is 14.8 Å². The maximum Gasteiger partial charge on any atom is 0.282 e. The Labute approximate surface area is 170 Å². The van der Waals surface area contributed by atoms with Gasteiger partial charge in [0, 0.05) is 5.69 Å². The molecule has 1 aliphatic rings. The van der Waals surface area contributed by atoms with Gasteiger partial charge >= 0.3 is 0 Å². The summed E-state index contributed by atoms with van der Waals surface area (Å²) in [5, 5.41) is 4.69. The number of hydrogen-bond donors (Lipinski definition) is 2. The van der Waals surface area contributed by atoms with Crippen molar-refractivity contribution < 1.29 is 22.8 Å². The molecule has 152 valence electrons. The number of piperazine rings is 1. The zero-order chi connectivity index (χ0) is 20.1. The molecule has 0 bridgehead atoms. The number of benzene rings is 1. The molecular formula is C19H26N3O4S2+. The van der Waals surface area contributed by atoms with E-state index in [1.54, 1.807) is 17.5 Å². The Balaban J connectivity index is 1.54. The third kappa shape index (κ3) is 4.72. The van der Waals surface area contributed by atoms with Crippen LogP contribution in [0.5, 0.6) is 5.75 Å². The monoisotopic (exact) mass is 424 g/mol. The third-order valence-electron chi connectivity index (χ3n) is 4.89. The van der Waals surface area contributed by atoms with Gasteiger partial charge in [0.25, 0.3) is 15.9 Å². The summed E-state index contributed by atoms with van der Waals surface area (Å²) in [7, 11) is -3.42. The standard InChI is InChI=1S/C19H25N3O4S2/c1-3-26-17-8-6-16(7-9-17)20-19(23)15(2)21-10-12-22(13-11-21)28(24,25)18-5-4-14-27-18/h4-9,14-15H,3,10-13H2,1-2H3,(H,20,23)/p+1/t15-/m0/s1. The van der Waals surface area contributed by atoms with Crippen LogP contribution in [0.2, 0.25) is 0 Å². The van der Waals surface area contributed by atoms with Gasteiger partial charge in [-0.2, -0.15) is 4.31 Å². The van der Waals surface area contributed by atoms with Gasteiger partial charge in [0.15, 0.2) is 6.04 Å².